The minimum Gasteiger partial charge on any atom is -0.377 e. The van der Waals surface area contributed by atoms with Gasteiger partial charge in [0.25, 0.3) is 0 Å². The van der Waals surface area contributed by atoms with E-state index in [0.717, 1.165) is 24.6 Å². The predicted molar refractivity (Wildman–Crippen MR) is 79.5 cm³/mol. The molecule has 19 heavy (non-hydrogen) atoms. The van der Waals surface area contributed by atoms with Crippen molar-refractivity contribution < 1.29 is 4.74 Å². The normalized spacial score (nSPS) is 12.2. The summed E-state index contributed by atoms with van der Waals surface area (Å²) in [5.41, 5.74) is 0. The number of nitrogens with zero attached hydrogens (tertiary/aromatic N) is 2. The molecule has 1 rings (SSSR count). The second-order valence-electron chi connectivity index (χ2n) is 4.71. The Balaban J connectivity index is 2.74. The van der Waals surface area contributed by atoms with E-state index in [4.69, 9.17) is 4.74 Å². The maximum absolute atomic E-state index is 5.11. The van der Waals surface area contributed by atoms with Crippen LogP contribution >= 0.6 is 0 Å². The molecule has 0 aliphatic carbocycles. The van der Waals surface area contributed by atoms with Crippen LogP contribution < -0.4 is 10.6 Å². The zero-order valence-corrected chi connectivity index (χ0v) is 12.5. The Morgan fingerprint density at radius 1 is 1.26 bits per heavy atom. The lowest BCUT2D eigenvalue weighted by Crippen LogP contribution is -2.17. The van der Waals surface area contributed by atoms with E-state index in [1.165, 1.54) is 12.8 Å². The van der Waals surface area contributed by atoms with Crippen molar-refractivity contribution in [3.63, 3.8) is 0 Å². The van der Waals surface area contributed by atoms with Gasteiger partial charge in [-0.05, 0) is 20.3 Å². The van der Waals surface area contributed by atoms with Crippen molar-refractivity contribution in [2.24, 2.45) is 0 Å². The Morgan fingerprint density at radius 2 is 2.00 bits per heavy atom. The predicted octanol–water partition coefficient (Wildman–Crippen LogP) is 3.05. The number of unbranched alkanes of at least 4 members (excludes halogenated alkanes) is 1. The molecular formula is C14H26N4O. The number of hydrogen-bond acceptors (Lipinski definition) is 5. The largest absolute Gasteiger partial charge is 0.377 e. The molecule has 0 aliphatic heterocycles. The van der Waals surface area contributed by atoms with Crippen LogP contribution in [0.5, 0.6) is 0 Å². The Bertz CT molecular complexity index is 346. The van der Waals surface area contributed by atoms with Crippen LogP contribution in [0.3, 0.4) is 0 Å². The minimum atomic E-state index is 0.416. The van der Waals surface area contributed by atoms with Gasteiger partial charge < -0.3 is 15.4 Å². The van der Waals surface area contributed by atoms with Gasteiger partial charge in [-0.3, -0.25) is 0 Å². The fourth-order valence-electron chi connectivity index (χ4n) is 1.87. The van der Waals surface area contributed by atoms with E-state index in [9.17, 15) is 0 Å². The first-order valence-electron chi connectivity index (χ1n) is 7.06. The van der Waals surface area contributed by atoms with Crippen molar-refractivity contribution in [3.8, 4) is 0 Å². The SMILES string of the molecule is CCCCC(C)Nc1cc(NCC)nc(COC)n1. The topological polar surface area (TPSA) is 59.1 Å². The first kappa shape index (κ1) is 15.7. The van der Waals surface area contributed by atoms with Crippen molar-refractivity contribution in [2.75, 3.05) is 24.3 Å². The molecule has 1 heterocycles. The molecule has 5 nitrogen and oxygen atoms in total. The number of ether oxygens (including phenoxy) is 1. The summed E-state index contributed by atoms with van der Waals surface area (Å²) in [5.74, 6) is 2.41. The van der Waals surface area contributed by atoms with Gasteiger partial charge >= 0.3 is 0 Å². The zero-order chi connectivity index (χ0) is 14.1. The van der Waals surface area contributed by atoms with E-state index in [1.807, 2.05) is 6.07 Å². The Labute approximate surface area is 116 Å². The van der Waals surface area contributed by atoms with Crippen LogP contribution in [0.1, 0.15) is 45.9 Å². The third-order valence-electron chi connectivity index (χ3n) is 2.79. The van der Waals surface area contributed by atoms with Crippen LogP contribution in [0.4, 0.5) is 11.6 Å². The summed E-state index contributed by atoms with van der Waals surface area (Å²) >= 11 is 0. The summed E-state index contributed by atoms with van der Waals surface area (Å²) < 4.78 is 5.11. The molecule has 0 saturated heterocycles. The van der Waals surface area contributed by atoms with Crippen LogP contribution in [0.15, 0.2) is 6.07 Å². The molecule has 0 spiro atoms. The number of methoxy groups -OCH3 is 1. The molecular weight excluding hydrogens is 240 g/mol. The molecule has 1 aromatic heterocycles. The molecule has 2 N–H and O–H groups in total. The van der Waals surface area contributed by atoms with Crippen molar-refractivity contribution in [2.45, 2.75) is 52.7 Å². The highest BCUT2D eigenvalue weighted by atomic mass is 16.5. The highest BCUT2D eigenvalue weighted by molar-refractivity contribution is 5.47. The fraction of sp³-hybridized carbons (Fsp3) is 0.714. The molecule has 0 fully saturated rings. The van der Waals surface area contributed by atoms with Crippen molar-refractivity contribution in [1.29, 1.82) is 0 Å². The van der Waals surface area contributed by atoms with Crippen molar-refractivity contribution >= 4 is 11.6 Å². The average molecular weight is 266 g/mol. The standard InChI is InChI=1S/C14H26N4O/c1-5-7-8-11(3)16-13-9-12(15-6-2)17-14(18-13)10-19-4/h9,11H,5-8,10H2,1-4H3,(H2,15,16,17,18). The van der Waals surface area contributed by atoms with Gasteiger partial charge in [0, 0.05) is 25.8 Å². The highest BCUT2D eigenvalue weighted by Gasteiger charge is 2.07. The number of hydrogen-bond donors (Lipinski definition) is 2. The van der Waals surface area contributed by atoms with E-state index < -0.39 is 0 Å². The molecule has 0 bridgehead atoms. The maximum Gasteiger partial charge on any atom is 0.158 e. The van der Waals surface area contributed by atoms with Crippen LogP contribution in [-0.4, -0.2) is 29.7 Å². The number of anilines is 2. The molecule has 108 valence electrons. The van der Waals surface area contributed by atoms with Crippen LogP contribution in [0.25, 0.3) is 0 Å². The average Bonchev–Trinajstić information content (AvgIpc) is 2.37. The summed E-state index contributed by atoms with van der Waals surface area (Å²) in [6.45, 7) is 7.71. The fourth-order valence-corrected chi connectivity index (χ4v) is 1.87. The highest BCUT2D eigenvalue weighted by Crippen LogP contribution is 2.14. The second-order valence-corrected chi connectivity index (χ2v) is 4.71. The zero-order valence-electron chi connectivity index (χ0n) is 12.5. The van der Waals surface area contributed by atoms with Crippen molar-refractivity contribution in [1.82, 2.24) is 9.97 Å². The lowest BCUT2D eigenvalue weighted by molar-refractivity contribution is 0.178. The summed E-state index contributed by atoms with van der Waals surface area (Å²) in [5, 5.41) is 6.64. The van der Waals surface area contributed by atoms with Gasteiger partial charge in [-0.1, -0.05) is 19.8 Å². The first-order valence-corrected chi connectivity index (χ1v) is 7.06. The summed E-state index contributed by atoms with van der Waals surface area (Å²) in [6.07, 6.45) is 3.59. The number of aromatic nitrogens is 2. The van der Waals surface area contributed by atoms with Gasteiger partial charge in [0.2, 0.25) is 0 Å². The number of nitrogens with one attached hydrogen (secondary N) is 2. The molecule has 1 aromatic rings. The van der Waals surface area contributed by atoms with Gasteiger partial charge in [-0.15, -0.1) is 0 Å². The smallest absolute Gasteiger partial charge is 0.158 e. The third kappa shape index (κ3) is 5.87. The molecule has 0 amide bonds. The molecule has 5 heteroatoms. The first-order chi connectivity index (χ1) is 9.19. The van der Waals surface area contributed by atoms with Crippen LogP contribution in [0, 0.1) is 0 Å². The third-order valence-corrected chi connectivity index (χ3v) is 2.79. The Morgan fingerprint density at radius 3 is 2.63 bits per heavy atom. The molecule has 0 aromatic carbocycles. The van der Waals surface area contributed by atoms with E-state index in [1.54, 1.807) is 7.11 Å². The lowest BCUT2D eigenvalue weighted by Gasteiger charge is -2.15. The van der Waals surface area contributed by atoms with E-state index in [0.29, 0.717) is 18.5 Å². The van der Waals surface area contributed by atoms with Gasteiger partial charge in [0.1, 0.15) is 18.2 Å². The van der Waals surface area contributed by atoms with E-state index in [-0.39, 0.29) is 0 Å². The monoisotopic (exact) mass is 266 g/mol. The summed E-state index contributed by atoms with van der Waals surface area (Å²) in [6, 6.07) is 2.37. The number of rotatable bonds is 9. The summed E-state index contributed by atoms with van der Waals surface area (Å²) in [7, 11) is 1.65. The molecule has 1 unspecified atom stereocenters. The van der Waals surface area contributed by atoms with Gasteiger partial charge in [-0.2, -0.15) is 0 Å². The van der Waals surface area contributed by atoms with E-state index in [2.05, 4.69) is 41.4 Å². The van der Waals surface area contributed by atoms with Gasteiger partial charge in [-0.25, -0.2) is 9.97 Å². The quantitative estimate of drug-likeness (QED) is 0.719. The van der Waals surface area contributed by atoms with Gasteiger partial charge in [0.15, 0.2) is 5.82 Å². The minimum absolute atomic E-state index is 0.416. The van der Waals surface area contributed by atoms with Gasteiger partial charge in [0.05, 0.1) is 0 Å². The van der Waals surface area contributed by atoms with Crippen molar-refractivity contribution in [3.05, 3.63) is 11.9 Å². The molecule has 0 aliphatic rings. The van der Waals surface area contributed by atoms with Crippen LogP contribution in [-0.2, 0) is 11.3 Å². The Hall–Kier alpha value is -1.36. The van der Waals surface area contributed by atoms with Crippen LogP contribution in [0.2, 0.25) is 0 Å². The maximum atomic E-state index is 5.11. The summed E-state index contributed by atoms with van der Waals surface area (Å²) in [4.78, 5) is 8.86. The van der Waals surface area contributed by atoms with E-state index >= 15 is 0 Å². The lowest BCUT2D eigenvalue weighted by atomic mass is 10.1. The Kier molecular flexibility index (Phi) is 7.18. The molecule has 1 atom stereocenters. The second kappa shape index (κ2) is 8.69. The molecule has 0 saturated carbocycles. The molecule has 0 radical (unpaired) electrons.